The SMILES string of the molecule is CCOC(=O)c1ncsc1N(Cc1ccc(OC)cc1)C(=O)c1c(F)cccc1F. The highest BCUT2D eigenvalue weighted by Crippen LogP contribution is 2.30. The number of hydrogen-bond donors (Lipinski definition) is 0. The van der Waals surface area contributed by atoms with Crippen LogP contribution in [0.15, 0.2) is 48.0 Å². The molecule has 3 rings (SSSR count). The Labute approximate surface area is 175 Å². The summed E-state index contributed by atoms with van der Waals surface area (Å²) in [4.78, 5) is 30.6. The average molecular weight is 432 g/mol. The molecule has 156 valence electrons. The molecule has 2 aromatic carbocycles. The molecule has 1 heterocycles. The third kappa shape index (κ3) is 4.46. The molecule has 0 N–H and O–H groups in total. The van der Waals surface area contributed by atoms with E-state index in [9.17, 15) is 18.4 Å². The number of carbonyl (C=O) groups is 2. The molecule has 0 spiro atoms. The highest BCUT2D eigenvalue weighted by molar-refractivity contribution is 7.14. The molecule has 30 heavy (non-hydrogen) atoms. The number of hydrogen-bond acceptors (Lipinski definition) is 6. The number of halogens is 2. The van der Waals surface area contributed by atoms with E-state index < -0.39 is 29.1 Å². The Balaban J connectivity index is 2.06. The monoisotopic (exact) mass is 432 g/mol. The Hall–Kier alpha value is -3.33. The van der Waals surface area contributed by atoms with Gasteiger partial charge in [0.1, 0.15) is 27.9 Å². The summed E-state index contributed by atoms with van der Waals surface area (Å²) in [7, 11) is 1.52. The van der Waals surface area contributed by atoms with Crippen LogP contribution >= 0.6 is 11.3 Å². The molecule has 0 aliphatic rings. The molecule has 0 radical (unpaired) electrons. The lowest BCUT2D eigenvalue weighted by molar-refractivity contribution is 0.0521. The van der Waals surface area contributed by atoms with E-state index in [0.717, 1.165) is 28.4 Å². The number of methoxy groups -OCH3 is 1. The average Bonchev–Trinajstić information content (AvgIpc) is 3.22. The van der Waals surface area contributed by atoms with Crippen molar-refractivity contribution in [3.05, 3.63) is 76.4 Å². The molecule has 3 aromatic rings. The summed E-state index contributed by atoms with van der Waals surface area (Å²) >= 11 is 0.997. The van der Waals surface area contributed by atoms with E-state index in [2.05, 4.69) is 4.98 Å². The number of nitrogens with zero attached hydrogens (tertiary/aromatic N) is 2. The van der Waals surface area contributed by atoms with Crippen LogP contribution in [0.2, 0.25) is 0 Å². The molecular weight excluding hydrogens is 414 g/mol. The summed E-state index contributed by atoms with van der Waals surface area (Å²) in [5, 5.41) is 0.136. The van der Waals surface area contributed by atoms with Gasteiger partial charge in [0.2, 0.25) is 0 Å². The highest BCUT2D eigenvalue weighted by atomic mass is 32.1. The quantitative estimate of drug-likeness (QED) is 0.516. The maximum Gasteiger partial charge on any atom is 0.360 e. The Morgan fingerprint density at radius 2 is 1.77 bits per heavy atom. The molecule has 0 aliphatic carbocycles. The zero-order valence-electron chi connectivity index (χ0n) is 16.2. The summed E-state index contributed by atoms with van der Waals surface area (Å²) in [5.41, 5.74) is 1.21. The first-order valence-electron chi connectivity index (χ1n) is 8.95. The molecule has 0 saturated heterocycles. The van der Waals surface area contributed by atoms with Gasteiger partial charge < -0.3 is 9.47 Å². The van der Waals surface area contributed by atoms with Crippen LogP contribution < -0.4 is 9.64 Å². The summed E-state index contributed by atoms with van der Waals surface area (Å²) in [6.07, 6.45) is 0. The first-order valence-corrected chi connectivity index (χ1v) is 9.83. The van der Waals surface area contributed by atoms with Crippen molar-refractivity contribution >= 4 is 28.2 Å². The fraction of sp³-hybridized carbons (Fsp3) is 0.190. The number of amides is 1. The van der Waals surface area contributed by atoms with Crippen LogP contribution in [-0.4, -0.2) is 30.6 Å². The van der Waals surface area contributed by atoms with Gasteiger partial charge in [0.15, 0.2) is 5.69 Å². The molecule has 0 fully saturated rings. The maximum atomic E-state index is 14.3. The lowest BCUT2D eigenvalue weighted by Gasteiger charge is -2.22. The van der Waals surface area contributed by atoms with Gasteiger partial charge in [-0.1, -0.05) is 18.2 Å². The van der Waals surface area contributed by atoms with E-state index in [4.69, 9.17) is 9.47 Å². The van der Waals surface area contributed by atoms with Crippen molar-refractivity contribution in [1.29, 1.82) is 0 Å². The number of anilines is 1. The third-order valence-corrected chi connectivity index (χ3v) is 5.03. The van der Waals surface area contributed by atoms with Crippen molar-refractivity contribution in [3.63, 3.8) is 0 Å². The van der Waals surface area contributed by atoms with Crippen LogP contribution in [0, 0.1) is 11.6 Å². The van der Waals surface area contributed by atoms with Gasteiger partial charge in [0.05, 0.1) is 25.8 Å². The Morgan fingerprint density at radius 1 is 1.10 bits per heavy atom. The molecule has 0 atom stereocenters. The zero-order valence-corrected chi connectivity index (χ0v) is 17.0. The lowest BCUT2D eigenvalue weighted by Crippen LogP contribution is -2.32. The molecule has 0 bridgehead atoms. The number of thiazole rings is 1. The van der Waals surface area contributed by atoms with Crippen LogP contribution in [-0.2, 0) is 11.3 Å². The minimum absolute atomic E-state index is 0.0504. The second-order valence-corrected chi connectivity index (χ2v) is 6.90. The van der Waals surface area contributed by atoms with Crippen molar-refractivity contribution in [3.8, 4) is 5.75 Å². The minimum Gasteiger partial charge on any atom is -0.497 e. The predicted octanol–water partition coefficient (Wildman–Crippen LogP) is 4.45. The van der Waals surface area contributed by atoms with Gasteiger partial charge in [0, 0.05) is 0 Å². The zero-order chi connectivity index (χ0) is 21.7. The van der Waals surface area contributed by atoms with E-state index in [1.165, 1.54) is 18.7 Å². The summed E-state index contributed by atoms with van der Waals surface area (Å²) in [5.74, 6) is -3.04. The van der Waals surface area contributed by atoms with Gasteiger partial charge in [-0.3, -0.25) is 9.69 Å². The van der Waals surface area contributed by atoms with Crippen LogP contribution in [0.25, 0.3) is 0 Å². The summed E-state index contributed by atoms with van der Waals surface area (Å²) in [6, 6.07) is 9.98. The topological polar surface area (TPSA) is 68.7 Å². The molecule has 0 saturated carbocycles. The first-order chi connectivity index (χ1) is 14.5. The summed E-state index contributed by atoms with van der Waals surface area (Å²) in [6.45, 7) is 1.70. The van der Waals surface area contributed by atoms with E-state index in [1.54, 1.807) is 31.2 Å². The normalized spacial score (nSPS) is 10.5. The largest absolute Gasteiger partial charge is 0.497 e. The number of rotatable bonds is 7. The molecule has 9 heteroatoms. The van der Waals surface area contributed by atoms with Crippen LogP contribution in [0.5, 0.6) is 5.75 Å². The van der Waals surface area contributed by atoms with Crippen molar-refractivity contribution in [2.75, 3.05) is 18.6 Å². The van der Waals surface area contributed by atoms with Crippen molar-refractivity contribution < 1.29 is 27.8 Å². The van der Waals surface area contributed by atoms with Crippen LogP contribution in [0.3, 0.4) is 0 Å². The number of ether oxygens (including phenoxy) is 2. The van der Waals surface area contributed by atoms with E-state index in [0.29, 0.717) is 11.3 Å². The van der Waals surface area contributed by atoms with E-state index in [1.807, 2.05) is 0 Å². The number of esters is 1. The first kappa shape index (κ1) is 21.4. The van der Waals surface area contributed by atoms with Gasteiger partial charge in [0.25, 0.3) is 5.91 Å². The summed E-state index contributed by atoms with van der Waals surface area (Å²) < 4.78 is 38.7. The van der Waals surface area contributed by atoms with Gasteiger partial charge >= 0.3 is 5.97 Å². The van der Waals surface area contributed by atoms with Crippen molar-refractivity contribution in [2.24, 2.45) is 0 Å². The third-order valence-electron chi connectivity index (χ3n) is 4.18. The highest BCUT2D eigenvalue weighted by Gasteiger charge is 2.30. The predicted molar refractivity (Wildman–Crippen MR) is 108 cm³/mol. The molecule has 0 aliphatic heterocycles. The van der Waals surface area contributed by atoms with Gasteiger partial charge in [-0.05, 0) is 36.8 Å². The van der Waals surface area contributed by atoms with Gasteiger partial charge in [-0.25, -0.2) is 18.6 Å². The number of aromatic nitrogens is 1. The Kier molecular flexibility index (Phi) is 6.73. The van der Waals surface area contributed by atoms with Gasteiger partial charge in [-0.2, -0.15) is 0 Å². The fourth-order valence-corrected chi connectivity index (χ4v) is 3.54. The van der Waals surface area contributed by atoms with E-state index in [-0.39, 0.29) is 23.8 Å². The van der Waals surface area contributed by atoms with Crippen molar-refractivity contribution in [2.45, 2.75) is 13.5 Å². The maximum absolute atomic E-state index is 14.3. The van der Waals surface area contributed by atoms with Crippen LogP contribution in [0.4, 0.5) is 13.8 Å². The standard InChI is InChI=1S/C21H18F2N2O4S/c1-3-29-21(27)18-20(30-12-24-18)25(11-13-7-9-14(28-2)10-8-13)19(26)17-15(22)5-4-6-16(17)23/h4-10,12H,3,11H2,1-2H3. The van der Waals surface area contributed by atoms with Gasteiger partial charge in [-0.15, -0.1) is 11.3 Å². The fourth-order valence-electron chi connectivity index (χ4n) is 2.76. The Morgan fingerprint density at radius 3 is 2.37 bits per heavy atom. The molecule has 0 unspecified atom stereocenters. The van der Waals surface area contributed by atoms with E-state index >= 15 is 0 Å². The van der Waals surface area contributed by atoms with Crippen molar-refractivity contribution in [1.82, 2.24) is 4.98 Å². The Bertz CT molecular complexity index is 1030. The van der Waals surface area contributed by atoms with Crippen LogP contribution in [0.1, 0.15) is 33.3 Å². The smallest absolute Gasteiger partial charge is 0.360 e. The minimum atomic E-state index is -0.998. The molecule has 6 nitrogen and oxygen atoms in total. The second kappa shape index (κ2) is 9.45. The second-order valence-electron chi connectivity index (χ2n) is 6.06. The lowest BCUT2D eigenvalue weighted by atomic mass is 10.1. The number of carbonyl (C=O) groups excluding carboxylic acids is 2. The molecule has 1 amide bonds. The molecule has 1 aromatic heterocycles. The number of benzene rings is 2. The molecular formula is C21H18F2N2O4S.